The van der Waals surface area contributed by atoms with Crippen LogP contribution in [-0.2, 0) is 57.2 Å². The van der Waals surface area contributed by atoms with Crippen molar-refractivity contribution in [2.45, 2.75) is 187 Å². The first-order chi connectivity index (χ1) is 34.5. The fourth-order valence-electron chi connectivity index (χ4n) is 10.7. The summed E-state index contributed by atoms with van der Waals surface area (Å²) >= 11 is 0. The van der Waals surface area contributed by atoms with Gasteiger partial charge in [-0.25, -0.2) is 4.79 Å². The molecule has 1 unspecified atom stereocenters. The number of aliphatic hydroxyl groups is 4. The molecule has 412 valence electrons. The quantitative estimate of drug-likeness (QED) is 0.116. The van der Waals surface area contributed by atoms with Gasteiger partial charge in [0.05, 0.1) is 31.5 Å². The fraction of sp³-hybridized carbons (Fsp3) is 0.750. The van der Waals surface area contributed by atoms with Crippen LogP contribution in [0.2, 0.25) is 0 Å². The summed E-state index contributed by atoms with van der Waals surface area (Å²) < 4.78 is 35.4. The Kier molecular flexibility index (Phi) is 23.9. The molecule has 0 radical (unpaired) electrons. The number of nitrogens with zero attached hydrogens (tertiary/aromatic N) is 1. The van der Waals surface area contributed by atoms with Crippen LogP contribution in [0.1, 0.15) is 132 Å². The molecule has 4 aliphatic rings. The maximum absolute atomic E-state index is 14.5. The number of ether oxygens (including phenoxy) is 6. The van der Waals surface area contributed by atoms with Crippen molar-refractivity contribution in [2.24, 2.45) is 40.9 Å². The molecule has 0 aromatic carbocycles. The summed E-state index contributed by atoms with van der Waals surface area (Å²) in [6.45, 7) is 12.7. The highest BCUT2D eigenvalue weighted by Gasteiger charge is 2.53. The molecule has 0 aromatic heterocycles. The van der Waals surface area contributed by atoms with Crippen LogP contribution in [0.3, 0.4) is 0 Å². The number of cyclic esters (lactones) is 1. The Morgan fingerprint density at radius 1 is 0.863 bits per heavy atom. The van der Waals surface area contributed by atoms with E-state index in [1.165, 1.54) is 21.1 Å². The second-order valence-corrected chi connectivity index (χ2v) is 21.8. The van der Waals surface area contributed by atoms with E-state index in [4.69, 9.17) is 28.4 Å². The minimum Gasteiger partial charge on any atom is -0.460 e. The molecule has 4 N–H and O–H groups in total. The second kappa shape index (κ2) is 28.3. The summed E-state index contributed by atoms with van der Waals surface area (Å²) in [4.78, 5) is 85.4. The number of amides is 1. The van der Waals surface area contributed by atoms with Gasteiger partial charge in [-0.2, -0.15) is 0 Å². The van der Waals surface area contributed by atoms with Crippen LogP contribution < -0.4 is 0 Å². The minimum atomic E-state index is -2.47. The molecule has 17 nitrogen and oxygen atoms in total. The van der Waals surface area contributed by atoms with Crippen molar-refractivity contribution in [3.05, 3.63) is 47.6 Å². The molecule has 0 spiro atoms. The molecule has 1 saturated carbocycles. The number of fused-ring (bicyclic) bond motifs is 3. The fourth-order valence-corrected chi connectivity index (χ4v) is 10.7. The van der Waals surface area contributed by atoms with Gasteiger partial charge in [0.25, 0.3) is 11.7 Å². The highest BCUT2D eigenvalue weighted by molar-refractivity contribution is 6.39. The first-order valence-corrected chi connectivity index (χ1v) is 26.4. The highest BCUT2D eigenvalue weighted by atomic mass is 16.6. The van der Waals surface area contributed by atoms with Gasteiger partial charge >= 0.3 is 11.9 Å². The third-order valence-electron chi connectivity index (χ3n) is 15.9. The molecule has 15 atom stereocenters. The number of Topliss-reactive ketones (excluding diaryl/α,β-unsaturated/α-hetero) is 3. The molecule has 2 saturated heterocycles. The SMILES string of the molecule is CO[C@H]1CC2CC[C@@H](C)[C@@](O)(O2)C(=O)C(=O)N2CCCC[C@H]2C(=O)O[C@H]([C@H](C)C[C@@H]2CC[C@@H](OC(=O)C(C)(CO)CO)[C@H](OC)C2)CC(=O)[C@H](C)C=C(C)[C@@H](O)[C@@H](OC)C(=O)[C@H](C)C[C@H](C)C=CC=CC=C1C. The summed E-state index contributed by atoms with van der Waals surface area (Å²) in [5.41, 5.74) is -0.277. The predicted molar refractivity (Wildman–Crippen MR) is 271 cm³/mol. The molecule has 3 heterocycles. The lowest BCUT2D eigenvalue weighted by molar-refractivity contribution is -0.265. The molecule has 73 heavy (non-hydrogen) atoms. The van der Waals surface area contributed by atoms with Crippen LogP contribution in [-0.4, -0.2) is 156 Å². The summed E-state index contributed by atoms with van der Waals surface area (Å²) in [7, 11) is 4.43. The topological polar surface area (TPSA) is 242 Å². The number of carbonyl (C=O) groups is 6. The van der Waals surface area contributed by atoms with Crippen molar-refractivity contribution in [3.63, 3.8) is 0 Å². The van der Waals surface area contributed by atoms with Gasteiger partial charge in [0.15, 0.2) is 5.78 Å². The Labute approximate surface area is 433 Å². The van der Waals surface area contributed by atoms with Gasteiger partial charge in [-0.1, -0.05) is 71.1 Å². The van der Waals surface area contributed by atoms with Crippen LogP contribution in [0.15, 0.2) is 47.6 Å². The normalized spacial score (nSPS) is 35.1. The number of hydrogen-bond donors (Lipinski definition) is 4. The van der Waals surface area contributed by atoms with E-state index in [1.807, 2.05) is 51.2 Å². The molecule has 2 bridgehead atoms. The Hall–Kier alpha value is -3.94. The number of methoxy groups -OCH3 is 3. The molecule has 0 aromatic rings. The van der Waals surface area contributed by atoms with Crippen molar-refractivity contribution in [3.8, 4) is 0 Å². The number of carbonyl (C=O) groups excluding carboxylic acids is 6. The maximum atomic E-state index is 14.5. The Morgan fingerprint density at radius 2 is 1.56 bits per heavy atom. The van der Waals surface area contributed by atoms with E-state index < -0.39 is 120 Å². The molecular formula is C56H87NO16. The molecule has 3 aliphatic heterocycles. The van der Waals surface area contributed by atoms with Crippen LogP contribution in [0.4, 0.5) is 0 Å². The van der Waals surface area contributed by atoms with Crippen LogP contribution >= 0.6 is 0 Å². The van der Waals surface area contributed by atoms with Crippen LogP contribution in [0.5, 0.6) is 0 Å². The van der Waals surface area contributed by atoms with E-state index in [0.717, 1.165) is 10.5 Å². The monoisotopic (exact) mass is 1030 g/mol. The summed E-state index contributed by atoms with van der Waals surface area (Å²) in [5.74, 6) is -9.36. The molecule has 1 amide bonds. The lowest BCUT2D eigenvalue weighted by Gasteiger charge is -2.42. The third kappa shape index (κ3) is 16.0. The smallest absolute Gasteiger partial charge is 0.329 e. The number of hydrogen-bond acceptors (Lipinski definition) is 16. The number of allylic oxidation sites excluding steroid dienone is 6. The van der Waals surface area contributed by atoms with E-state index in [9.17, 15) is 49.2 Å². The molecule has 1 aliphatic carbocycles. The number of esters is 2. The first-order valence-electron chi connectivity index (χ1n) is 26.4. The first kappa shape index (κ1) is 61.6. The number of aliphatic hydroxyl groups excluding tert-OH is 3. The van der Waals surface area contributed by atoms with Crippen molar-refractivity contribution in [2.75, 3.05) is 41.1 Å². The summed E-state index contributed by atoms with van der Waals surface area (Å²) in [6, 6.07) is -1.20. The van der Waals surface area contributed by atoms with Crippen LogP contribution in [0.25, 0.3) is 0 Å². The summed E-state index contributed by atoms with van der Waals surface area (Å²) in [6.07, 6.45) is 9.76. The standard InChI is InChI=1S/C56H87NO16/c1-33-17-13-12-14-18-34(2)45(68-9)29-41-22-20-39(7)56(67,73-41)51(63)52(64)57-24-16-15-19-42(57)53(65)71-46(30-43(60)35(3)26-38(6)49(62)50(70-11)48(61)37(5)25-33)36(4)27-40-21-23-44(47(28-40)69-10)72-54(66)55(8,31-58)32-59/h12-14,17-18,26,33,35-37,39-42,44-47,49-50,58-59,62,67H,15-16,19-25,27-32H2,1-11H3/t33-,35-,36-,37-,39-,40+,41?,42+,44-,45+,46+,47-,49-,50+,56-/m1/s1. The minimum absolute atomic E-state index is 0.00697. The van der Waals surface area contributed by atoms with Crippen molar-refractivity contribution < 1.29 is 77.6 Å². The number of ketones is 3. The molecule has 4 rings (SSSR count). The van der Waals surface area contributed by atoms with Gasteiger partial charge in [0, 0.05) is 58.5 Å². The van der Waals surface area contributed by atoms with E-state index in [1.54, 1.807) is 40.9 Å². The lowest BCUT2D eigenvalue weighted by Crippen LogP contribution is -2.61. The zero-order chi connectivity index (χ0) is 54.4. The Bertz CT molecular complexity index is 2010. The molecule has 17 heteroatoms. The van der Waals surface area contributed by atoms with Gasteiger partial charge in [0.1, 0.15) is 41.7 Å². The average Bonchev–Trinajstić information content (AvgIpc) is 3.37. The van der Waals surface area contributed by atoms with Crippen molar-refractivity contribution in [1.82, 2.24) is 4.90 Å². The largest absolute Gasteiger partial charge is 0.460 e. The van der Waals surface area contributed by atoms with Gasteiger partial charge < -0.3 is 53.7 Å². The van der Waals surface area contributed by atoms with Gasteiger partial charge in [-0.05, 0) is 114 Å². The maximum Gasteiger partial charge on any atom is 0.329 e. The molecular weight excluding hydrogens is 943 g/mol. The average molecular weight is 1030 g/mol. The highest BCUT2D eigenvalue weighted by Crippen LogP contribution is 2.38. The van der Waals surface area contributed by atoms with Gasteiger partial charge in [-0.3, -0.25) is 24.0 Å². The van der Waals surface area contributed by atoms with E-state index in [0.29, 0.717) is 69.8 Å². The van der Waals surface area contributed by atoms with Gasteiger partial charge in [-0.15, -0.1) is 0 Å². The van der Waals surface area contributed by atoms with Gasteiger partial charge in [0.2, 0.25) is 5.79 Å². The zero-order valence-corrected chi connectivity index (χ0v) is 45.3. The predicted octanol–water partition coefficient (Wildman–Crippen LogP) is 5.72. The Balaban J connectivity index is 1.69. The van der Waals surface area contributed by atoms with E-state index >= 15 is 0 Å². The second-order valence-electron chi connectivity index (χ2n) is 21.8. The number of piperidine rings is 1. The van der Waals surface area contributed by atoms with E-state index in [-0.39, 0.29) is 42.8 Å². The summed E-state index contributed by atoms with van der Waals surface area (Å²) in [5, 5.41) is 43.1. The van der Waals surface area contributed by atoms with Crippen LogP contribution in [0, 0.1) is 40.9 Å². The van der Waals surface area contributed by atoms with E-state index in [2.05, 4.69) is 0 Å². The van der Waals surface area contributed by atoms with Crippen molar-refractivity contribution >= 4 is 35.2 Å². The lowest BCUT2D eigenvalue weighted by atomic mass is 9.78. The third-order valence-corrected chi connectivity index (χ3v) is 15.9. The number of rotatable bonds is 10. The van der Waals surface area contributed by atoms with Crippen molar-refractivity contribution in [1.29, 1.82) is 0 Å². The molecule has 3 fully saturated rings. The zero-order valence-electron chi connectivity index (χ0n) is 45.3. The Morgan fingerprint density at radius 3 is 2.21 bits per heavy atom.